The monoisotopic (exact) mass is 724 g/mol. The van der Waals surface area contributed by atoms with E-state index in [2.05, 4.69) is 34.7 Å². The zero-order valence-electron chi connectivity index (χ0n) is 30.6. The highest BCUT2D eigenvalue weighted by Gasteiger charge is 2.33. The van der Waals surface area contributed by atoms with Crippen molar-refractivity contribution >= 4 is 29.4 Å². The van der Waals surface area contributed by atoms with Gasteiger partial charge in [0.05, 0.1) is 70.7 Å². The number of fused-ring (bicyclic) bond motifs is 1. The van der Waals surface area contributed by atoms with E-state index in [9.17, 15) is 14.4 Å². The van der Waals surface area contributed by atoms with Gasteiger partial charge < -0.3 is 44.8 Å². The molecule has 0 bridgehead atoms. The van der Waals surface area contributed by atoms with Gasteiger partial charge in [0.1, 0.15) is 23.7 Å². The number of carbonyl (C=O) groups excluding carboxylic acids is 3. The fourth-order valence-corrected chi connectivity index (χ4v) is 5.20. The molecule has 0 spiro atoms. The summed E-state index contributed by atoms with van der Waals surface area (Å²) in [5.41, 5.74) is 7.91. The predicted octanol–water partition coefficient (Wildman–Crippen LogP) is 1.30. The van der Waals surface area contributed by atoms with Crippen LogP contribution in [-0.2, 0) is 48.2 Å². The van der Waals surface area contributed by atoms with E-state index in [0.717, 1.165) is 11.3 Å². The number of hydrogen-bond acceptors (Lipinski definition) is 13. The number of nitrogens with one attached hydrogen (secondary N) is 2. The van der Waals surface area contributed by atoms with Crippen molar-refractivity contribution in [3.05, 3.63) is 47.4 Å². The fourth-order valence-electron chi connectivity index (χ4n) is 5.20. The lowest BCUT2D eigenvalue weighted by Gasteiger charge is -2.24. The van der Waals surface area contributed by atoms with Crippen molar-refractivity contribution in [2.75, 3.05) is 82.8 Å². The van der Waals surface area contributed by atoms with Gasteiger partial charge in [0.2, 0.25) is 11.8 Å². The second kappa shape index (κ2) is 21.1. The van der Waals surface area contributed by atoms with Gasteiger partial charge >= 0.3 is 0 Å². The highest BCUT2D eigenvalue weighted by atomic mass is 16.6. The molecule has 0 radical (unpaired) electrons. The van der Waals surface area contributed by atoms with Crippen molar-refractivity contribution in [1.29, 1.82) is 0 Å². The first-order chi connectivity index (χ1) is 25.2. The molecule has 4 rings (SSSR count). The van der Waals surface area contributed by atoms with Crippen LogP contribution in [0.2, 0.25) is 0 Å². The Labute approximate surface area is 304 Å². The van der Waals surface area contributed by atoms with E-state index in [0.29, 0.717) is 108 Å². The fraction of sp³-hybridized carbons (Fsp3) is 0.571. The second-order valence-corrected chi connectivity index (χ2v) is 12.3. The van der Waals surface area contributed by atoms with Crippen molar-refractivity contribution in [3.63, 3.8) is 0 Å². The van der Waals surface area contributed by atoms with Gasteiger partial charge in [-0.15, -0.1) is 10.2 Å². The number of nitrogens with zero attached hydrogens (tertiary/aromatic N) is 7. The minimum Gasteiger partial charge on any atom is -0.379 e. The maximum Gasteiger partial charge on any atom is 0.260 e. The largest absolute Gasteiger partial charge is 0.379 e. The van der Waals surface area contributed by atoms with E-state index in [-0.39, 0.29) is 37.3 Å². The van der Waals surface area contributed by atoms with Crippen LogP contribution in [0.1, 0.15) is 55.2 Å². The average Bonchev–Trinajstić information content (AvgIpc) is 3.75. The van der Waals surface area contributed by atoms with E-state index in [4.69, 9.17) is 34.6 Å². The average molecular weight is 725 g/mol. The molecule has 17 heteroatoms. The van der Waals surface area contributed by atoms with Gasteiger partial charge in [-0.3, -0.25) is 19.3 Å². The minimum atomic E-state index is -0.392. The summed E-state index contributed by atoms with van der Waals surface area (Å²) >= 11 is 0. The maximum atomic E-state index is 13.8. The summed E-state index contributed by atoms with van der Waals surface area (Å²) in [6.45, 7) is 11.5. The molecule has 4 N–H and O–H groups in total. The number of primary amides is 1. The number of ether oxygens (including phenoxy) is 4. The standard InChI is InChI=1S/C35H52N10O7/c1-5-44-24-39-42-34(44)28-7-6-8-31(40-28)45-23-27-26(35(45)48)21-32(43(4)25(2)3)41-29(27)22-37-11-12-38-33(47)10-14-50-16-18-52-20-19-51-17-15-49-13-9-30(36)46/h6-8,21,24-25,37H,5,9-20,22-23H2,1-4H3,(H2,36,46)(H,38,47). The van der Waals surface area contributed by atoms with Crippen molar-refractivity contribution in [2.24, 2.45) is 5.73 Å². The number of aromatic nitrogens is 5. The maximum absolute atomic E-state index is 13.8. The Hall–Kier alpha value is -4.55. The number of pyridine rings is 2. The number of aryl methyl sites for hydroxylation is 1. The summed E-state index contributed by atoms with van der Waals surface area (Å²) in [6, 6.07) is 7.59. The lowest BCUT2D eigenvalue weighted by molar-refractivity contribution is -0.122. The van der Waals surface area contributed by atoms with Crippen LogP contribution in [0.25, 0.3) is 11.5 Å². The van der Waals surface area contributed by atoms with Crippen LogP contribution in [0.5, 0.6) is 0 Å². The molecule has 1 aliphatic rings. The lowest BCUT2D eigenvalue weighted by atomic mass is 10.1. The molecular formula is C35H52N10O7. The molecule has 0 fully saturated rings. The summed E-state index contributed by atoms with van der Waals surface area (Å²) < 4.78 is 23.4. The van der Waals surface area contributed by atoms with Crippen LogP contribution in [-0.4, -0.2) is 121 Å². The Morgan fingerprint density at radius 2 is 1.63 bits per heavy atom. The third kappa shape index (κ3) is 12.0. The third-order valence-electron chi connectivity index (χ3n) is 8.32. The first-order valence-corrected chi connectivity index (χ1v) is 17.7. The smallest absolute Gasteiger partial charge is 0.260 e. The van der Waals surface area contributed by atoms with Gasteiger partial charge in [0, 0.05) is 57.7 Å². The van der Waals surface area contributed by atoms with Crippen molar-refractivity contribution in [1.82, 2.24) is 35.4 Å². The minimum absolute atomic E-state index is 0.109. The SMILES string of the molecule is CCn1cnnc1-c1cccc(N2Cc3c(cc(N(C)C(C)C)nc3CNCCNC(=O)CCOCCOCCOCCOCCC(N)=O)C2=O)n1. The molecule has 0 unspecified atom stereocenters. The van der Waals surface area contributed by atoms with Crippen LogP contribution >= 0.6 is 0 Å². The Balaban J connectivity index is 1.18. The van der Waals surface area contributed by atoms with Crippen molar-refractivity contribution in [2.45, 2.75) is 59.3 Å². The van der Waals surface area contributed by atoms with E-state index >= 15 is 0 Å². The molecule has 0 saturated carbocycles. The second-order valence-electron chi connectivity index (χ2n) is 12.3. The zero-order valence-corrected chi connectivity index (χ0v) is 30.6. The zero-order chi connectivity index (χ0) is 37.3. The van der Waals surface area contributed by atoms with Crippen LogP contribution < -0.4 is 26.2 Å². The summed E-state index contributed by atoms with van der Waals surface area (Å²) in [6.07, 6.45) is 2.10. The van der Waals surface area contributed by atoms with E-state index in [1.54, 1.807) is 11.2 Å². The number of anilines is 2. The van der Waals surface area contributed by atoms with Gasteiger partial charge in [-0.2, -0.15) is 0 Å². The Morgan fingerprint density at radius 1 is 0.962 bits per heavy atom. The molecule has 3 aromatic heterocycles. The van der Waals surface area contributed by atoms with Crippen LogP contribution in [0, 0.1) is 0 Å². The quantitative estimate of drug-likeness (QED) is 0.106. The first kappa shape index (κ1) is 40.2. The number of nitrogens with two attached hydrogens (primary N) is 1. The molecule has 4 heterocycles. The number of hydrogen-bond donors (Lipinski definition) is 3. The summed E-state index contributed by atoms with van der Waals surface area (Å²) in [5, 5.41) is 14.5. The number of amides is 3. The highest BCUT2D eigenvalue weighted by Crippen LogP contribution is 2.32. The first-order valence-electron chi connectivity index (χ1n) is 17.7. The van der Waals surface area contributed by atoms with Crippen molar-refractivity contribution in [3.8, 4) is 11.5 Å². The summed E-state index contributed by atoms with van der Waals surface area (Å²) in [4.78, 5) is 50.2. The van der Waals surface area contributed by atoms with Crippen LogP contribution in [0.15, 0.2) is 30.6 Å². The molecule has 1 aliphatic heterocycles. The lowest BCUT2D eigenvalue weighted by Crippen LogP contribution is -2.32. The normalized spacial score (nSPS) is 12.5. The van der Waals surface area contributed by atoms with Gasteiger partial charge in [-0.05, 0) is 39.0 Å². The Kier molecular flexibility index (Phi) is 16.3. The summed E-state index contributed by atoms with van der Waals surface area (Å²) in [5.74, 6) is 1.25. The molecule has 0 saturated heterocycles. The van der Waals surface area contributed by atoms with E-state index in [1.165, 1.54) is 0 Å². The van der Waals surface area contributed by atoms with E-state index < -0.39 is 5.91 Å². The molecule has 17 nitrogen and oxygen atoms in total. The van der Waals surface area contributed by atoms with Crippen LogP contribution in [0.4, 0.5) is 11.6 Å². The van der Waals surface area contributed by atoms with Gasteiger partial charge in [-0.25, -0.2) is 9.97 Å². The van der Waals surface area contributed by atoms with Gasteiger partial charge in [0.25, 0.3) is 5.91 Å². The molecule has 0 atom stereocenters. The van der Waals surface area contributed by atoms with Crippen LogP contribution in [0.3, 0.4) is 0 Å². The molecule has 3 aromatic rings. The molecule has 0 aliphatic carbocycles. The topological polar surface area (TPSA) is 201 Å². The third-order valence-corrected chi connectivity index (χ3v) is 8.32. The summed E-state index contributed by atoms with van der Waals surface area (Å²) in [7, 11) is 1.96. The molecule has 52 heavy (non-hydrogen) atoms. The Bertz CT molecular complexity index is 1600. The highest BCUT2D eigenvalue weighted by molar-refractivity contribution is 6.10. The van der Waals surface area contributed by atoms with Gasteiger partial charge in [0.15, 0.2) is 5.82 Å². The predicted molar refractivity (Wildman–Crippen MR) is 194 cm³/mol. The van der Waals surface area contributed by atoms with Crippen molar-refractivity contribution < 1.29 is 33.3 Å². The molecule has 0 aromatic carbocycles. The molecule has 3 amide bonds. The molecule has 284 valence electrons. The van der Waals surface area contributed by atoms with Gasteiger partial charge in [-0.1, -0.05) is 6.07 Å². The number of carbonyl (C=O) groups is 3. The molecular weight excluding hydrogens is 672 g/mol. The van der Waals surface area contributed by atoms with E-state index in [1.807, 2.05) is 47.7 Å². The number of rotatable bonds is 25. The Morgan fingerprint density at radius 3 is 2.29 bits per heavy atom.